The third-order valence-corrected chi connectivity index (χ3v) is 3.11. The molecule has 20 heavy (non-hydrogen) atoms. The number of methoxy groups -OCH3 is 1. The van der Waals surface area contributed by atoms with Crippen LogP contribution in [0.5, 0.6) is 0 Å². The summed E-state index contributed by atoms with van der Waals surface area (Å²) in [7, 11) is 5.09. The van der Waals surface area contributed by atoms with Gasteiger partial charge in [0.1, 0.15) is 5.82 Å². The van der Waals surface area contributed by atoms with Crippen molar-refractivity contribution in [2.45, 2.75) is 13.3 Å². The maximum absolute atomic E-state index is 13.8. The Morgan fingerprint density at radius 3 is 2.65 bits per heavy atom. The van der Waals surface area contributed by atoms with Crippen molar-refractivity contribution >= 4 is 22.6 Å². The third-order valence-electron chi connectivity index (χ3n) is 3.11. The molecular weight excluding hydrogens is 259 g/mol. The van der Waals surface area contributed by atoms with Gasteiger partial charge in [-0.3, -0.25) is 9.78 Å². The second-order valence-electron chi connectivity index (χ2n) is 4.89. The van der Waals surface area contributed by atoms with Gasteiger partial charge in [0.25, 0.3) is 0 Å². The molecule has 2 rings (SSSR count). The van der Waals surface area contributed by atoms with Gasteiger partial charge in [-0.2, -0.15) is 0 Å². The fourth-order valence-electron chi connectivity index (χ4n) is 2.20. The topological polar surface area (TPSA) is 42.4 Å². The second kappa shape index (κ2) is 5.45. The molecule has 5 heteroatoms. The average Bonchev–Trinajstić information content (AvgIpc) is 2.38. The van der Waals surface area contributed by atoms with E-state index in [4.69, 9.17) is 0 Å². The number of hydrogen-bond acceptors (Lipinski definition) is 4. The Balaban J connectivity index is 2.72. The van der Waals surface area contributed by atoms with Crippen LogP contribution in [0.15, 0.2) is 18.2 Å². The molecular formula is C15H17FN2O2. The molecule has 0 radical (unpaired) electrons. The number of hydrogen-bond donors (Lipinski definition) is 0. The highest BCUT2D eigenvalue weighted by Crippen LogP contribution is 2.29. The van der Waals surface area contributed by atoms with Crippen LogP contribution in [0.4, 0.5) is 10.1 Å². The molecule has 0 unspecified atom stereocenters. The number of ether oxygens (including phenoxy) is 1. The molecule has 106 valence electrons. The number of rotatable bonds is 3. The van der Waals surface area contributed by atoms with Gasteiger partial charge in [0, 0.05) is 30.9 Å². The molecule has 0 aliphatic heterocycles. The number of anilines is 1. The zero-order valence-electron chi connectivity index (χ0n) is 12.0. The number of esters is 1. The molecule has 0 spiro atoms. The first-order valence-electron chi connectivity index (χ1n) is 6.26. The largest absolute Gasteiger partial charge is 0.469 e. The summed E-state index contributed by atoms with van der Waals surface area (Å²) < 4.78 is 18.4. The van der Waals surface area contributed by atoms with Crippen LogP contribution in [0.2, 0.25) is 0 Å². The van der Waals surface area contributed by atoms with E-state index >= 15 is 0 Å². The molecule has 1 aromatic heterocycles. The summed E-state index contributed by atoms with van der Waals surface area (Å²) in [6.07, 6.45) is 0.00802. The molecule has 4 nitrogen and oxygen atoms in total. The smallest absolute Gasteiger partial charge is 0.310 e. The molecule has 0 saturated carbocycles. The Kier molecular flexibility index (Phi) is 3.88. The molecule has 0 bridgehead atoms. The number of carbonyl (C=O) groups is 1. The zero-order valence-corrected chi connectivity index (χ0v) is 12.0. The van der Waals surface area contributed by atoms with E-state index in [1.54, 1.807) is 0 Å². The van der Waals surface area contributed by atoms with E-state index in [1.165, 1.54) is 19.2 Å². The highest BCUT2D eigenvalue weighted by Gasteiger charge is 2.14. The molecule has 0 N–H and O–H groups in total. The lowest BCUT2D eigenvalue weighted by Gasteiger charge is -2.17. The highest BCUT2D eigenvalue weighted by molar-refractivity contribution is 5.95. The Labute approximate surface area is 117 Å². The number of aryl methyl sites for hydroxylation is 1. The van der Waals surface area contributed by atoms with E-state index in [-0.39, 0.29) is 12.2 Å². The van der Waals surface area contributed by atoms with Crippen molar-refractivity contribution in [3.63, 3.8) is 0 Å². The first-order valence-corrected chi connectivity index (χ1v) is 6.26. The van der Waals surface area contributed by atoms with Gasteiger partial charge >= 0.3 is 5.97 Å². The summed E-state index contributed by atoms with van der Waals surface area (Å²) in [5.74, 6) is -0.795. The number of halogens is 1. The van der Waals surface area contributed by atoms with Gasteiger partial charge < -0.3 is 9.64 Å². The number of carbonyl (C=O) groups excluding carboxylic acids is 1. The Hall–Kier alpha value is -2.17. The molecule has 2 aromatic rings. The summed E-state index contributed by atoms with van der Waals surface area (Å²) >= 11 is 0. The monoisotopic (exact) mass is 276 g/mol. The summed E-state index contributed by atoms with van der Waals surface area (Å²) in [6.45, 7) is 1.87. The van der Waals surface area contributed by atoms with Gasteiger partial charge in [-0.05, 0) is 30.7 Å². The minimum absolute atomic E-state index is 0.00802. The molecule has 1 aromatic carbocycles. The van der Waals surface area contributed by atoms with Crippen molar-refractivity contribution < 1.29 is 13.9 Å². The fourth-order valence-corrected chi connectivity index (χ4v) is 2.20. The minimum Gasteiger partial charge on any atom is -0.469 e. The Morgan fingerprint density at radius 1 is 1.35 bits per heavy atom. The second-order valence-corrected chi connectivity index (χ2v) is 4.89. The van der Waals surface area contributed by atoms with E-state index in [9.17, 15) is 9.18 Å². The van der Waals surface area contributed by atoms with Crippen molar-refractivity contribution in [2.24, 2.45) is 0 Å². The summed E-state index contributed by atoms with van der Waals surface area (Å²) in [5, 5.41) is 0.694. The molecule has 0 aliphatic rings. The fraction of sp³-hybridized carbons (Fsp3) is 0.333. The zero-order chi connectivity index (χ0) is 14.9. The first-order chi connectivity index (χ1) is 9.42. The molecule has 0 fully saturated rings. The van der Waals surface area contributed by atoms with Crippen LogP contribution < -0.4 is 4.90 Å². The third kappa shape index (κ3) is 2.71. The number of aromatic nitrogens is 1. The Morgan fingerprint density at radius 2 is 2.05 bits per heavy atom. The number of benzene rings is 1. The lowest BCUT2D eigenvalue weighted by Crippen LogP contribution is -2.11. The van der Waals surface area contributed by atoms with Crippen LogP contribution in [-0.4, -0.2) is 32.2 Å². The summed E-state index contributed by atoms with van der Waals surface area (Å²) in [6, 6.07) is 4.67. The molecule has 0 atom stereocenters. The van der Waals surface area contributed by atoms with E-state index in [0.29, 0.717) is 16.5 Å². The maximum atomic E-state index is 13.8. The van der Waals surface area contributed by atoms with E-state index in [0.717, 1.165) is 11.4 Å². The lowest BCUT2D eigenvalue weighted by atomic mass is 10.0. The van der Waals surface area contributed by atoms with Gasteiger partial charge in [-0.25, -0.2) is 4.39 Å². The van der Waals surface area contributed by atoms with Crippen molar-refractivity contribution in [3.8, 4) is 0 Å². The van der Waals surface area contributed by atoms with Crippen LogP contribution in [0.25, 0.3) is 10.9 Å². The highest BCUT2D eigenvalue weighted by atomic mass is 19.1. The lowest BCUT2D eigenvalue weighted by molar-refractivity contribution is -0.139. The van der Waals surface area contributed by atoms with Gasteiger partial charge in [0.15, 0.2) is 0 Å². The maximum Gasteiger partial charge on any atom is 0.310 e. The number of nitrogens with zero attached hydrogens (tertiary/aromatic N) is 2. The number of pyridine rings is 1. The van der Waals surface area contributed by atoms with Gasteiger partial charge in [0.05, 0.1) is 19.0 Å². The van der Waals surface area contributed by atoms with Crippen molar-refractivity contribution in [2.75, 3.05) is 26.1 Å². The van der Waals surface area contributed by atoms with E-state index < -0.39 is 5.97 Å². The molecule has 0 amide bonds. The Bertz CT molecular complexity index is 668. The van der Waals surface area contributed by atoms with Gasteiger partial charge in [-0.15, -0.1) is 0 Å². The summed E-state index contributed by atoms with van der Waals surface area (Å²) in [4.78, 5) is 17.8. The number of fused-ring (bicyclic) bond motifs is 1. The average molecular weight is 276 g/mol. The predicted molar refractivity (Wildman–Crippen MR) is 76.5 cm³/mol. The van der Waals surface area contributed by atoms with Crippen LogP contribution in [-0.2, 0) is 16.0 Å². The van der Waals surface area contributed by atoms with E-state index in [2.05, 4.69) is 9.72 Å². The predicted octanol–water partition coefficient (Wildman–Crippen LogP) is 2.46. The van der Waals surface area contributed by atoms with Crippen LogP contribution in [0.3, 0.4) is 0 Å². The SMILES string of the molecule is COC(=O)Cc1cc(F)cc2c(N(C)C)cc(C)nc12. The van der Waals surface area contributed by atoms with E-state index in [1.807, 2.05) is 32.0 Å². The summed E-state index contributed by atoms with van der Waals surface area (Å²) in [5.41, 5.74) is 2.87. The molecule has 1 heterocycles. The van der Waals surface area contributed by atoms with Crippen molar-refractivity contribution in [1.82, 2.24) is 4.98 Å². The quantitative estimate of drug-likeness (QED) is 0.808. The standard InChI is InChI=1S/C15H17FN2O2/c1-9-5-13(18(2)3)12-8-11(16)6-10(15(12)17-9)7-14(19)20-4/h5-6,8H,7H2,1-4H3. The van der Waals surface area contributed by atoms with Gasteiger partial charge in [0.2, 0.25) is 0 Å². The van der Waals surface area contributed by atoms with Crippen LogP contribution in [0.1, 0.15) is 11.3 Å². The van der Waals surface area contributed by atoms with Crippen molar-refractivity contribution in [3.05, 3.63) is 35.3 Å². The van der Waals surface area contributed by atoms with Gasteiger partial charge in [-0.1, -0.05) is 0 Å². The van der Waals surface area contributed by atoms with Crippen LogP contribution in [0, 0.1) is 12.7 Å². The molecule has 0 saturated heterocycles. The van der Waals surface area contributed by atoms with Crippen LogP contribution >= 0.6 is 0 Å². The van der Waals surface area contributed by atoms with Crippen molar-refractivity contribution in [1.29, 1.82) is 0 Å². The molecule has 0 aliphatic carbocycles. The minimum atomic E-state index is -0.411. The normalized spacial score (nSPS) is 10.7. The first kappa shape index (κ1) is 14.2.